The van der Waals surface area contributed by atoms with Crippen LogP contribution in [0.15, 0.2) is 0 Å². The Morgan fingerprint density at radius 3 is 3.00 bits per heavy atom. The number of aromatic nitrogens is 4. The normalized spacial score (nSPS) is 21.4. The van der Waals surface area contributed by atoms with Crippen LogP contribution >= 0.6 is 0 Å². The van der Waals surface area contributed by atoms with Crippen molar-refractivity contribution in [3.8, 4) is 0 Å². The van der Waals surface area contributed by atoms with Crippen LogP contribution in [0.2, 0.25) is 0 Å². The summed E-state index contributed by atoms with van der Waals surface area (Å²) in [6, 6.07) is 0. The Labute approximate surface area is 158 Å². The molecule has 3 rings (SSSR count). The number of hydrogen-bond donors (Lipinski definition) is 0. The summed E-state index contributed by atoms with van der Waals surface area (Å²) in [6.07, 6.45) is 3.61. The minimum atomic E-state index is -0.376. The molecule has 2 amide bonds. The van der Waals surface area contributed by atoms with Crippen molar-refractivity contribution in [1.29, 1.82) is 0 Å². The maximum atomic E-state index is 12.6. The topological polar surface area (TPSA) is 103 Å². The molecule has 0 bridgehead atoms. The second-order valence-corrected chi connectivity index (χ2v) is 6.88. The minimum Gasteiger partial charge on any atom is -0.383 e. The summed E-state index contributed by atoms with van der Waals surface area (Å²) < 4.78 is 10.7. The van der Waals surface area contributed by atoms with Gasteiger partial charge < -0.3 is 19.3 Å². The average Bonchev–Trinajstić information content (AvgIpc) is 3.07. The molecule has 2 fully saturated rings. The van der Waals surface area contributed by atoms with E-state index in [-0.39, 0.29) is 17.9 Å². The van der Waals surface area contributed by atoms with Gasteiger partial charge in [-0.3, -0.25) is 9.59 Å². The molecular weight excluding hydrogens is 352 g/mol. The number of carbonyl (C=O) groups excluding carboxylic acids is 2. The van der Waals surface area contributed by atoms with Gasteiger partial charge in [-0.1, -0.05) is 6.42 Å². The van der Waals surface area contributed by atoms with Crippen molar-refractivity contribution < 1.29 is 19.1 Å². The third kappa shape index (κ3) is 5.46. The number of hydrogen-bond acceptors (Lipinski definition) is 7. The fourth-order valence-corrected chi connectivity index (χ4v) is 3.35. The Balaban J connectivity index is 1.50. The molecular formula is C17H28N6O4. The van der Waals surface area contributed by atoms with Crippen molar-refractivity contribution >= 4 is 11.8 Å². The molecule has 1 aromatic heterocycles. The van der Waals surface area contributed by atoms with Crippen molar-refractivity contribution in [3.05, 3.63) is 5.82 Å². The maximum absolute atomic E-state index is 12.6. The Kier molecular flexibility index (Phi) is 7.11. The summed E-state index contributed by atoms with van der Waals surface area (Å²) in [6.45, 7) is 3.65. The second kappa shape index (κ2) is 9.75. The molecule has 0 aliphatic carbocycles. The van der Waals surface area contributed by atoms with Gasteiger partial charge in [0.2, 0.25) is 17.6 Å². The van der Waals surface area contributed by atoms with E-state index in [2.05, 4.69) is 15.4 Å². The first-order chi connectivity index (χ1) is 13.2. The summed E-state index contributed by atoms with van der Waals surface area (Å²) in [5.41, 5.74) is 0. The summed E-state index contributed by atoms with van der Waals surface area (Å²) in [5.74, 6) is 0.676. The Bertz CT molecular complexity index is 637. The third-order valence-corrected chi connectivity index (χ3v) is 4.94. The fourth-order valence-electron chi connectivity index (χ4n) is 3.35. The smallest absolute Gasteiger partial charge is 0.224 e. The van der Waals surface area contributed by atoms with Gasteiger partial charge in [-0.25, -0.2) is 0 Å². The van der Waals surface area contributed by atoms with E-state index < -0.39 is 0 Å². The molecule has 10 heteroatoms. The predicted octanol–water partition coefficient (Wildman–Crippen LogP) is 0.0121. The van der Waals surface area contributed by atoms with Crippen molar-refractivity contribution in [2.45, 2.75) is 44.8 Å². The molecule has 1 unspecified atom stereocenters. The van der Waals surface area contributed by atoms with Crippen LogP contribution < -0.4 is 0 Å². The van der Waals surface area contributed by atoms with Gasteiger partial charge in [0, 0.05) is 39.6 Å². The van der Waals surface area contributed by atoms with E-state index in [0.29, 0.717) is 58.1 Å². The molecule has 2 aliphatic rings. The highest BCUT2D eigenvalue weighted by atomic mass is 16.5. The van der Waals surface area contributed by atoms with Crippen LogP contribution in [-0.2, 0) is 25.6 Å². The molecule has 0 saturated carbocycles. The highest BCUT2D eigenvalue weighted by Crippen LogP contribution is 2.19. The Morgan fingerprint density at radius 1 is 1.26 bits per heavy atom. The first kappa shape index (κ1) is 19.7. The van der Waals surface area contributed by atoms with Crippen LogP contribution in [0.3, 0.4) is 0 Å². The number of likely N-dealkylation sites (tertiary alicyclic amines) is 1. The SMILES string of the molecule is COCCn1nnc(C2CN(C(=O)CCN3CCCCCC3=O)CCO2)n1. The van der Waals surface area contributed by atoms with Crippen LogP contribution in [0, 0.1) is 0 Å². The minimum absolute atomic E-state index is 0.0344. The molecule has 3 heterocycles. The zero-order chi connectivity index (χ0) is 19.1. The van der Waals surface area contributed by atoms with E-state index in [1.165, 1.54) is 4.80 Å². The van der Waals surface area contributed by atoms with E-state index in [0.717, 1.165) is 25.8 Å². The molecule has 2 aliphatic heterocycles. The third-order valence-electron chi connectivity index (χ3n) is 4.94. The highest BCUT2D eigenvalue weighted by molar-refractivity contribution is 5.79. The lowest BCUT2D eigenvalue weighted by Gasteiger charge is -2.32. The predicted molar refractivity (Wildman–Crippen MR) is 94.6 cm³/mol. The lowest BCUT2D eigenvalue weighted by atomic mass is 10.2. The molecule has 0 N–H and O–H groups in total. The first-order valence-electron chi connectivity index (χ1n) is 9.61. The van der Waals surface area contributed by atoms with Gasteiger partial charge in [0.15, 0.2) is 0 Å². The van der Waals surface area contributed by atoms with E-state index in [1.807, 2.05) is 4.90 Å². The van der Waals surface area contributed by atoms with Gasteiger partial charge in [0.05, 0.1) is 26.3 Å². The van der Waals surface area contributed by atoms with E-state index >= 15 is 0 Å². The number of morpholine rings is 1. The molecule has 0 radical (unpaired) electrons. The number of nitrogens with zero attached hydrogens (tertiary/aromatic N) is 6. The second-order valence-electron chi connectivity index (χ2n) is 6.88. The van der Waals surface area contributed by atoms with Gasteiger partial charge in [-0.05, 0) is 18.1 Å². The van der Waals surface area contributed by atoms with E-state index in [1.54, 1.807) is 12.0 Å². The van der Waals surface area contributed by atoms with E-state index in [4.69, 9.17) is 9.47 Å². The number of methoxy groups -OCH3 is 1. The Hall–Kier alpha value is -2.07. The molecule has 1 atom stereocenters. The zero-order valence-corrected chi connectivity index (χ0v) is 15.9. The molecule has 150 valence electrons. The molecule has 0 spiro atoms. The van der Waals surface area contributed by atoms with Crippen molar-refractivity contribution in [1.82, 2.24) is 30.0 Å². The summed E-state index contributed by atoms with van der Waals surface area (Å²) in [4.78, 5) is 29.7. The number of carbonyl (C=O) groups is 2. The zero-order valence-electron chi connectivity index (χ0n) is 15.9. The van der Waals surface area contributed by atoms with Crippen molar-refractivity contribution in [2.24, 2.45) is 0 Å². The van der Waals surface area contributed by atoms with Crippen LogP contribution in [0.5, 0.6) is 0 Å². The molecule has 0 aromatic carbocycles. The molecule has 27 heavy (non-hydrogen) atoms. The summed E-state index contributed by atoms with van der Waals surface area (Å²) in [5, 5.41) is 12.3. The molecule has 2 saturated heterocycles. The number of rotatable bonds is 7. The Morgan fingerprint density at radius 2 is 2.15 bits per heavy atom. The van der Waals surface area contributed by atoms with Crippen LogP contribution in [-0.4, -0.2) is 88.3 Å². The summed E-state index contributed by atoms with van der Waals surface area (Å²) in [7, 11) is 1.62. The number of ether oxygens (including phenoxy) is 2. The van der Waals surface area contributed by atoms with Crippen LogP contribution in [0.25, 0.3) is 0 Å². The van der Waals surface area contributed by atoms with E-state index in [9.17, 15) is 9.59 Å². The fraction of sp³-hybridized carbons (Fsp3) is 0.824. The van der Waals surface area contributed by atoms with Gasteiger partial charge >= 0.3 is 0 Å². The van der Waals surface area contributed by atoms with Gasteiger partial charge in [0.25, 0.3) is 0 Å². The number of amides is 2. The van der Waals surface area contributed by atoms with Crippen LogP contribution in [0.4, 0.5) is 0 Å². The van der Waals surface area contributed by atoms with Crippen molar-refractivity contribution in [2.75, 3.05) is 46.5 Å². The van der Waals surface area contributed by atoms with Crippen LogP contribution in [0.1, 0.15) is 44.0 Å². The monoisotopic (exact) mass is 380 g/mol. The average molecular weight is 380 g/mol. The highest BCUT2D eigenvalue weighted by Gasteiger charge is 2.29. The standard InChI is InChI=1S/C17H28N6O4/c1-26-11-10-23-19-17(18-20-23)14-13-22(9-12-27-14)16(25)6-8-21-7-4-2-3-5-15(21)24/h14H,2-13H2,1H3. The van der Waals surface area contributed by atoms with Gasteiger partial charge in [0.1, 0.15) is 6.10 Å². The quantitative estimate of drug-likeness (QED) is 0.656. The lowest BCUT2D eigenvalue weighted by Crippen LogP contribution is -2.44. The first-order valence-corrected chi connectivity index (χ1v) is 9.61. The molecule has 10 nitrogen and oxygen atoms in total. The molecule has 1 aromatic rings. The van der Waals surface area contributed by atoms with Crippen molar-refractivity contribution in [3.63, 3.8) is 0 Å². The lowest BCUT2D eigenvalue weighted by molar-refractivity contribution is -0.140. The maximum Gasteiger partial charge on any atom is 0.224 e. The van der Waals surface area contributed by atoms with Gasteiger partial charge in [-0.15, -0.1) is 10.2 Å². The van der Waals surface area contributed by atoms with Gasteiger partial charge in [-0.2, -0.15) is 4.80 Å². The largest absolute Gasteiger partial charge is 0.383 e. The number of tetrazole rings is 1. The summed E-state index contributed by atoms with van der Waals surface area (Å²) >= 11 is 0.